The van der Waals surface area contributed by atoms with Crippen molar-refractivity contribution in [3.8, 4) is 5.75 Å². The van der Waals surface area contributed by atoms with Crippen LogP contribution in [0.5, 0.6) is 5.75 Å². The number of nitro benzene ring substituents is 1. The van der Waals surface area contributed by atoms with Crippen molar-refractivity contribution in [2.45, 2.75) is 51.7 Å². The van der Waals surface area contributed by atoms with E-state index in [1.54, 1.807) is 0 Å². The molecule has 0 saturated carbocycles. The fourth-order valence-corrected chi connectivity index (χ4v) is 3.34. The highest BCUT2D eigenvalue weighted by molar-refractivity contribution is 5.79. The first-order valence-electron chi connectivity index (χ1n) is 10.6. The number of guanidine groups is 1. The highest BCUT2D eigenvalue weighted by Gasteiger charge is 2.27. The Morgan fingerprint density at radius 2 is 1.93 bits per heavy atom. The minimum Gasteiger partial charge on any atom is -0.491 e. The number of nitrogens with one attached hydrogen (secondary N) is 2. The molecule has 1 atom stereocenters. The summed E-state index contributed by atoms with van der Waals surface area (Å²) in [6.07, 6.45) is 3.04. The van der Waals surface area contributed by atoms with Gasteiger partial charge in [0.2, 0.25) is 0 Å². The quantitative estimate of drug-likeness (QED) is 0.230. The molecule has 0 spiro atoms. The van der Waals surface area contributed by atoms with Crippen molar-refractivity contribution in [3.63, 3.8) is 0 Å². The number of aliphatic imine (C=N–C) groups is 1. The minimum atomic E-state index is -0.751. The Bertz CT molecular complexity index is 687. The number of hydrogen-bond donors (Lipinski definition) is 3. The number of aliphatic hydroxyl groups excluding tert-OH is 1. The molecule has 30 heavy (non-hydrogen) atoms. The summed E-state index contributed by atoms with van der Waals surface area (Å²) in [6.45, 7) is 10.4. The third-order valence-electron chi connectivity index (χ3n) is 5.18. The smallest absolute Gasteiger partial charge is 0.269 e. The summed E-state index contributed by atoms with van der Waals surface area (Å²) >= 11 is 0. The van der Waals surface area contributed by atoms with Gasteiger partial charge >= 0.3 is 0 Å². The summed E-state index contributed by atoms with van der Waals surface area (Å²) in [4.78, 5) is 17.4. The van der Waals surface area contributed by atoms with Gasteiger partial charge in [0.1, 0.15) is 18.5 Å². The van der Waals surface area contributed by atoms with E-state index in [4.69, 9.17) is 9.73 Å². The lowest BCUT2D eigenvalue weighted by atomic mass is 9.99. The van der Waals surface area contributed by atoms with E-state index >= 15 is 0 Å². The molecule has 168 valence electrons. The molecule has 3 N–H and O–H groups in total. The molecule has 2 rings (SSSR count). The SMILES string of the molecule is CCNC(=NCC(C)(C)N1CCCCC1)NCC(O)COc1ccc([N+](=O)[O-])cc1. The summed E-state index contributed by atoms with van der Waals surface area (Å²) < 4.78 is 5.51. The topological polar surface area (TPSA) is 112 Å². The molecule has 1 aliphatic heterocycles. The molecule has 0 bridgehead atoms. The van der Waals surface area contributed by atoms with Crippen molar-refractivity contribution in [3.05, 3.63) is 34.4 Å². The summed E-state index contributed by atoms with van der Waals surface area (Å²) in [7, 11) is 0. The zero-order valence-corrected chi connectivity index (χ0v) is 18.3. The zero-order valence-electron chi connectivity index (χ0n) is 18.3. The lowest BCUT2D eigenvalue weighted by molar-refractivity contribution is -0.384. The van der Waals surface area contributed by atoms with Crippen LogP contribution >= 0.6 is 0 Å². The average molecular weight is 422 g/mol. The van der Waals surface area contributed by atoms with E-state index in [0.29, 0.717) is 18.3 Å². The molecule has 1 saturated heterocycles. The van der Waals surface area contributed by atoms with Crippen molar-refractivity contribution in [1.29, 1.82) is 0 Å². The lowest BCUT2D eigenvalue weighted by Crippen LogP contribution is -2.50. The van der Waals surface area contributed by atoms with Gasteiger partial charge in [-0.15, -0.1) is 0 Å². The number of nitrogens with zero attached hydrogens (tertiary/aromatic N) is 3. The maximum absolute atomic E-state index is 10.7. The van der Waals surface area contributed by atoms with Crippen LogP contribution in [0.4, 0.5) is 5.69 Å². The van der Waals surface area contributed by atoms with Crippen molar-refractivity contribution in [1.82, 2.24) is 15.5 Å². The number of hydrogen-bond acceptors (Lipinski definition) is 6. The Morgan fingerprint density at radius 3 is 2.53 bits per heavy atom. The van der Waals surface area contributed by atoms with Gasteiger partial charge in [-0.1, -0.05) is 6.42 Å². The molecule has 1 aromatic rings. The monoisotopic (exact) mass is 421 g/mol. The zero-order chi connectivity index (χ0) is 22.0. The maximum atomic E-state index is 10.7. The van der Waals surface area contributed by atoms with Gasteiger partial charge in [-0.25, -0.2) is 0 Å². The fourth-order valence-electron chi connectivity index (χ4n) is 3.34. The Labute approximate surface area is 178 Å². The number of piperidine rings is 1. The van der Waals surface area contributed by atoms with E-state index in [9.17, 15) is 15.2 Å². The summed E-state index contributed by atoms with van der Waals surface area (Å²) in [6, 6.07) is 5.79. The lowest BCUT2D eigenvalue weighted by Gasteiger charge is -2.40. The van der Waals surface area contributed by atoms with Crippen molar-refractivity contribution in [2.24, 2.45) is 4.99 Å². The molecular formula is C21H35N5O4. The summed E-state index contributed by atoms with van der Waals surface area (Å²) in [5.74, 6) is 1.14. The summed E-state index contributed by atoms with van der Waals surface area (Å²) in [5.41, 5.74) is -0.0102. The normalized spacial score (nSPS) is 16.7. The molecule has 0 amide bonds. The Kier molecular flexibility index (Phi) is 9.32. The molecule has 9 nitrogen and oxygen atoms in total. The number of likely N-dealkylation sites (tertiary alicyclic amines) is 1. The van der Waals surface area contributed by atoms with E-state index in [-0.39, 0.29) is 24.4 Å². The van der Waals surface area contributed by atoms with Gasteiger partial charge in [0, 0.05) is 30.8 Å². The molecule has 9 heteroatoms. The second-order valence-corrected chi connectivity index (χ2v) is 8.15. The van der Waals surface area contributed by atoms with Crippen molar-refractivity contribution < 1.29 is 14.8 Å². The molecule has 1 fully saturated rings. The van der Waals surface area contributed by atoms with Crippen LogP contribution in [0.1, 0.15) is 40.0 Å². The van der Waals surface area contributed by atoms with Crippen molar-refractivity contribution >= 4 is 11.6 Å². The molecule has 1 aromatic carbocycles. The largest absolute Gasteiger partial charge is 0.491 e. The first-order valence-corrected chi connectivity index (χ1v) is 10.6. The van der Waals surface area contributed by atoms with Gasteiger partial charge < -0.3 is 20.5 Å². The number of ether oxygens (including phenoxy) is 1. The Morgan fingerprint density at radius 1 is 1.27 bits per heavy atom. The summed E-state index contributed by atoms with van der Waals surface area (Å²) in [5, 5.41) is 27.3. The van der Waals surface area contributed by atoms with Gasteiger partial charge in [0.25, 0.3) is 5.69 Å². The Hall–Kier alpha value is -2.39. The predicted octanol–water partition coefficient (Wildman–Crippen LogP) is 2.15. The van der Waals surface area contributed by atoms with Gasteiger partial charge in [-0.2, -0.15) is 0 Å². The number of nitro groups is 1. The number of aliphatic hydroxyl groups is 1. The molecular weight excluding hydrogens is 386 g/mol. The third kappa shape index (κ3) is 7.79. The molecule has 1 aliphatic rings. The molecule has 0 aliphatic carbocycles. The standard InChI is InChI=1S/C21H35N5O4/c1-4-22-20(24-16-21(2,3)25-12-6-5-7-13-25)23-14-18(27)15-30-19-10-8-17(9-11-19)26(28)29/h8-11,18,27H,4-7,12-16H2,1-3H3,(H2,22,23,24). The maximum Gasteiger partial charge on any atom is 0.269 e. The van der Waals surface area contributed by atoms with Crippen LogP contribution in [0.15, 0.2) is 29.3 Å². The van der Waals surface area contributed by atoms with Gasteiger partial charge in [0.05, 0.1) is 11.5 Å². The third-order valence-corrected chi connectivity index (χ3v) is 5.18. The predicted molar refractivity (Wildman–Crippen MR) is 118 cm³/mol. The second kappa shape index (κ2) is 11.7. The number of rotatable bonds is 10. The van der Waals surface area contributed by atoms with E-state index in [1.165, 1.54) is 43.5 Å². The second-order valence-electron chi connectivity index (χ2n) is 8.15. The Balaban J connectivity index is 1.80. The van der Waals surface area contributed by atoms with E-state index in [1.807, 2.05) is 6.92 Å². The molecule has 1 unspecified atom stereocenters. The van der Waals surface area contributed by atoms with Crippen LogP contribution in [0.25, 0.3) is 0 Å². The van der Waals surface area contributed by atoms with E-state index in [2.05, 4.69) is 29.4 Å². The number of non-ortho nitro benzene ring substituents is 1. The molecule has 0 radical (unpaired) electrons. The van der Waals surface area contributed by atoms with E-state index in [0.717, 1.165) is 19.6 Å². The molecule has 0 aromatic heterocycles. The highest BCUT2D eigenvalue weighted by Crippen LogP contribution is 2.21. The van der Waals surface area contributed by atoms with Crippen LogP contribution in [-0.4, -0.2) is 71.9 Å². The highest BCUT2D eigenvalue weighted by atomic mass is 16.6. The van der Waals surface area contributed by atoms with Crippen LogP contribution in [-0.2, 0) is 0 Å². The van der Waals surface area contributed by atoms with Gasteiger partial charge in [-0.3, -0.25) is 20.0 Å². The van der Waals surface area contributed by atoms with Crippen LogP contribution < -0.4 is 15.4 Å². The molecule has 1 heterocycles. The number of benzene rings is 1. The van der Waals surface area contributed by atoms with Crippen LogP contribution in [0.3, 0.4) is 0 Å². The minimum absolute atomic E-state index is 0.00327. The first-order chi connectivity index (χ1) is 14.3. The first kappa shape index (κ1) is 23.9. The van der Waals surface area contributed by atoms with Gasteiger partial charge in [-0.05, 0) is 58.8 Å². The van der Waals surface area contributed by atoms with Crippen LogP contribution in [0, 0.1) is 10.1 Å². The average Bonchev–Trinajstić information content (AvgIpc) is 2.75. The van der Waals surface area contributed by atoms with E-state index < -0.39 is 11.0 Å². The van der Waals surface area contributed by atoms with Crippen LogP contribution in [0.2, 0.25) is 0 Å². The van der Waals surface area contributed by atoms with Crippen molar-refractivity contribution in [2.75, 3.05) is 39.3 Å². The van der Waals surface area contributed by atoms with Gasteiger partial charge in [0.15, 0.2) is 5.96 Å². The fraction of sp³-hybridized carbons (Fsp3) is 0.667.